The van der Waals surface area contributed by atoms with E-state index < -0.39 is 0 Å². The van der Waals surface area contributed by atoms with Crippen molar-refractivity contribution in [2.75, 3.05) is 6.54 Å². The van der Waals surface area contributed by atoms with Gasteiger partial charge in [0.05, 0.1) is 5.92 Å². The van der Waals surface area contributed by atoms with Crippen molar-refractivity contribution in [1.82, 2.24) is 10.3 Å². The molecule has 0 aliphatic heterocycles. The molecule has 0 bridgehead atoms. The molecule has 4 heteroatoms. The molecule has 0 spiro atoms. The highest BCUT2D eigenvalue weighted by atomic mass is 35.5. The van der Waals surface area contributed by atoms with Gasteiger partial charge in [-0.2, -0.15) is 0 Å². The Labute approximate surface area is 136 Å². The van der Waals surface area contributed by atoms with Gasteiger partial charge in [0.1, 0.15) is 0 Å². The largest absolute Gasteiger partial charge is 0.356 e. The smallest absolute Gasteiger partial charge is 0.227 e. The van der Waals surface area contributed by atoms with Crippen LogP contribution in [0.5, 0.6) is 0 Å². The lowest BCUT2D eigenvalue weighted by Gasteiger charge is -2.17. The average Bonchev–Trinajstić information content (AvgIpc) is 2.55. The Balaban J connectivity index is 2.16. The van der Waals surface area contributed by atoms with Gasteiger partial charge in [-0.15, -0.1) is 0 Å². The molecule has 0 saturated carbocycles. The third-order valence-electron chi connectivity index (χ3n) is 3.56. The fourth-order valence-electron chi connectivity index (χ4n) is 2.30. The SMILES string of the molecule is CCCCNC(=O)C(Cc1ccccn1)c1ccc(Cl)cc1. The van der Waals surface area contributed by atoms with Crippen LogP contribution < -0.4 is 5.32 Å². The Morgan fingerprint density at radius 3 is 2.64 bits per heavy atom. The van der Waals surface area contributed by atoms with E-state index in [4.69, 9.17) is 11.6 Å². The minimum atomic E-state index is -0.246. The van der Waals surface area contributed by atoms with Crippen LogP contribution in [0.2, 0.25) is 5.02 Å². The summed E-state index contributed by atoms with van der Waals surface area (Å²) in [5.74, 6) is -0.203. The number of amides is 1. The second-order valence-electron chi connectivity index (χ2n) is 5.27. The Morgan fingerprint density at radius 1 is 1.23 bits per heavy atom. The molecular formula is C18H21ClN2O. The summed E-state index contributed by atoms with van der Waals surface area (Å²) in [5.41, 5.74) is 1.87. The van der Waals surface area contributed by atoms with Crippen LogP contribution in [0.3, 0.4) is 0 Å². The van der Waals surface area contributed by atoms with Crippen molar-refractivity contribution in [1.29, 1.82) is 0 Å². The van der Waals surface area contributed by atoms with Gasteiger partial charge < -0.3 is 5.32 Å². The zero-order valence-electron chi connectivity index (χ0n) is 12.8. The second kappa shape index (κ2) is 8.54. The number of rotatable bonds is 7. The Hall–Kier alpha value is -1.87. The summed E-state index contributed by atoms with van der Waals surface area (Å²) in [6.45, 7) is 2.82. The molecule has 1 aromatic carbocycles. The molecule has 2 aromatic rings. The van der Waals surface area contributed by atoms with Crippen molar-refractivity contribution in [3.63, 3.8) is 0 Å². The molecule has 1 unspecified atom stereocenters. The van der Waals surface area contributed by atoms with E-state index in [-0.39, 0.29) is 11.8 Å². The first-order chi connectivity index (χ1) is 10.7. The van der Waals surface area contributed by atoms with Gasteiger partial charge in [0.15, 0.2) is 0 Å². The van der Waals surface area contributed by atoms with Gasteiger partial charge in [-0.3, -0.25) is 9.78 Å². The summed E-state index contributed by atoms with van der Waals surface area (Å²) < 4.78 is 0. The summed E-state index contributed by atoms with van der Waals surface area (Å²) in [7, 11) is 0. The third kappa shape index (κ3) is 4.85. The van der Waals surface area contributed by atoms with Gasteiger partial charge in [0, 0.05) is 29.9 Å². The minimum Gasteiger partial charge on any atom is -0.356 e. The van der Waals surface area contributed by atoms with E-state index in [0.29, 0.717) is 18.0 Å². The molecule has 1 aromatic heterocycles. The number of pyridine rings is 1. The van der Waals surface area contributed by atoms with Gasteiger partial charge in [0.2, 0.25) is 5.91 Å². The Morgan fingerprint density at radius 2 is 2.00 bits per heavy atom. The molecule has 1 amide bonds. The zero-order chi connectivity index (χ0) is 15.8. The number of hydrogen-bond donors (Lipinski definition) is 1. The van der Waals surface area contributed by atoms with E-state index >= 15 is 0 Å². The number of nitrogens with one attached hydrogen (secondary N) is 1. The molecule has 0 saturated heterocycles. The molecule has 3 nitrogen and oxygen atoms in total. The topological polar surface area (TPSA) is 42.0 Å². The number of carbonyl (C=O) groups is 1. The van der Waals surface area contributed by atoms with Gasteiger partial charge in [-0.1, -0.05) is 43.1 Å². The van der Waals surface area contributed by atoms with Crippen molar-refractivity contribution < 1.29 is 4.79 Å². The van der Waals surface area contributed by atoms with Crippen molar-refractivity contribution >= 4 is 17.5 Å². The molecule has 0 radical (unpaired) electrons. The summed E-state index contributed by atoms with van der Waals surface area (Å²) >= 11 is 5.95. The molecule has 0 aliphatic rings. The van der Waals surface area contributed by atoms with Gasteiger partial charge >= 0.3 is 0 Å². The Bertz CT molecular complexity index is 584. The quantitative estimate of drug-likeness (QED) is 0.785. The van der Waals surface area contributed by atoms with Gasteiger partial charge in [-0.05, 0) is 36.2 Å². The molecule has 22 heavy (non-hydrogen) atoms. The van der Waals surface area contributed by atoms with E-state index in [0.717, 1.165) is 24.1 Å². The number of nitrogens with zero attached hydrogens (tertiary/aromatic N) is 1. The van der Waals surface area contributed by atoms with E-state index in [1.165, 1.54) is 0 Å². The van der Waals surface area contributed by atoms with Crippen molar-refractivity contribution in [3.05, 3.63) is 64.9 Å². The van der Waals surface area contributed by atoms with Crippen LogP contribution in [0.25, 0.3) is 0 Å². The maximum Gasteiger partial charge on any atom is 0.227 e. The molecule has 0 aliphatic carbocycles. The van der Waals surface area contributed by atoms with Crippen LogP contribution >= 0.6 is 11.6 Å². The van der Waals surface area contributed by atoms with Crippen LogP contribution in [0, 0.1) is 0 Å². The fourth-order valence-corrected chi connectivity index (χ4v) is 2.42. The molecule has 1 heterocycles. The lowest BCUT2D eigenvalue weighted by atomic mass is 9.93. The third-order valence-corrected chi connectivity index (χ3v) is 3.81. The van der Waals surface area contributed by atoms with Crippen LogP contribution in [0.1, 0.15) is 36.9 Å². The monoisotopic (exact) mass is 316 g/mol. The Kier molecular flexibility index (Phi) is 6.41. The fraction of sp³-hybridized carbons (Fsp3) is 0.333. The first-order valence-corrected chi connectivity index (χ1v) is 8.01. The van der Waals surface area contributed by atoms with Crippen LogP contribution in [0.15, 0.2) is 48.7 Å². The van der Waals surface area contributed by atoms with Crippen LogP contribution in [-0.2, 0) is 11.2 Å². The van der Waals surface area contributed by atoms with Crippen LogP contribution in [0.4, 0.5) is 0 Å². The van der Waals surface area contributed by atoms with E-state index in [1.54, 1.807) is 6.20 Å². The lowest BCUT2D eigenvalue weighted by molar-refractivity contribution is -0.122. The molecule has 116 valence electrons. The predicted octanol–water partition coefficient (Wildman–Crippen LogP) is 3.98. The minimum absolute atomic E-state index is 0.0430. The van der Waals surface area contributed by atoms with E-state index in [9.17, 15) is 4.79 Å². The highest BCUT2D eigenvalue weighted by Gasteiger charge is 2.21. The first kappa shape index (κ1) is 16.5. The molecular weight excluding hydrogens is 296 g/mol. The lowest BCUT2D eigenvalue weighted by Crippen LogP contribution is -2.31. The number of carbonyl (C=O) groups excluding carboxylic acids is 1. The van der Waals surface area contributed by atoms with E-state index in [2.05, 4.69) is 17.2 Å². The number of benzene rings is 1. The van der Waals surface area contributed by atoms with Crippen molar-refractivity contribution in [3.8, 4) is 0 Å². The number of hydrogen-bond acceptors (Lipinski definition) is 2. The molecule has 2 rings (SSSR count). The molecule has 1 atom stereocenters. The summed E-state index contributed by atoms with van der Waals surface area (Å²) in [4.78, 5) is 16.9. The van der Waals surface area contributed by atoms with Gasteiger partial charge in [0.25, 0.3) is 0 Å². The highest BCUT2D eigenvalue weighted by Crippen LogP contribution is 2.22. The standard InChI is InChI=1S/C18H21ClN2O/c1-2-3-11-21-18(22)17(13-16-6-4-5-12-20-16)14-7-9-15(19)10-8-14/h4-10,12,17H,2-3,11,13H2,1H3,(H,21,22). The average molecular weight is 317 g/mol. The summed E-state index contributed by atoms with van der Waals surface area (Å²) in [6, 6.07) is 13.2. The second-order valence-corrected chi connectivity index (χ2v) is 5.71. The molecule has 1 N–H and O–H groups in total. The van der Waals surface area contributed by atoms with Crippen molar-refractivity contribution in [2.45, 2.75) is 32.1 Å². The maximum atomic E-state index is 12.5. The summed E-state index contributed by atoms with van der Waals surface area (Å²) in [6.07, 6.45) is 4.39. The number of halogens is 1. The van der Waals surface area contributed by atoms with Crippen molar-refractivity contribution in [2.24, 2.45) is 0 Å². The van der Waals surface area contributed by atoms with Crippen LogP contribution in [-0.4, -0.2) is 17.4 Å². The highest BCUT2D eigenvalue weighted by molar-refractivity contribution is 6.30. The first-order valence-electron chi connectivity index (χ1n) is 7.63. The molecule has 0 fully saturated rings. The maximum absolute atomic E-state index is 12.5. The number of unbranched alkanes of at least 4 members (excludes halogenated alkanes) is 1. The number of aromatic nitrogens is 1. The normalized spacial score (nSPS) is 11.9. The zero-order valence-corrected chi connectivity index (χ0v) is 13.5. The van der Waals surface area contributed by atoms with Gasteiger partial charge in [-0.25, -0.2) is 0 Å². The van der Waals surface area contributed by atoms with E-state index in [1.807, 2.05) is 42.5 Å². The predicted molar refractivity (Wildman–Crippen MR) is 90.1 cm³/mol. The summed E-state index contributed by atoms with van der Waals surface area (Å²) in [5, 5.41) is 3.69.